The molecular formula is C22H34N4O5. The van der Waals surface area contributed by atoms with Crippen molar-refractivity contribution in [2.24, 2.45) is 11.5 Å². The Morgan fingerprint density at radius 1 is 1.03 bits per heavy atom. The normalized spacial score (nSPS) is 23.5. The van der Waals surface area contributed by atoms with Crippen LogP contribution in [0.15, 0.2) is 30.3 Å². The number of imide groups is 1. The molecule has 0 saturated carbocycles. The van der Waals surface area contributed by atoms with Crippen molar-refractivity contribution in [1.82, 2.24) is 9.80 Å². The Morgan fingerprint density at radius 2 is 1.58 bits per heavy atom. The molecule has 0 radical (unpaired) electrons. The van der Waals surface area contributed by atoms with E-state index >= 15 is 0 Å². The van der Waals surface area contributed by atoms with E-state index in [0.29, 0.717) is 18.4 Å². The van der Waals surface area contributed by atoms with Crippen LogP contribution in [0.3, 0.4) is 0 Å². The lowest BCUT2D eigenvalue weighted by Crippen LogP contribution is -2.63. The molecule has 1 heterocycles. The summed E-state index contributed by atoms with van der Waals surface area (Å²) in [7, 11) is 0. The molecule has 0 spiro atoms. The van der Waals surface area contributed by atoms with Crippen molar-refractivity contribution in [1.29, 1.82) is 0 Å². The molecule has 9 heteroatoms. The highest BCUT2D eigenvalue weighted by Crippen LogP contribution is 2.35. The Kier molecular flexibility index (Phi) is 7.93. The molecule has 6 atom stereocenters. The van der Waals surface area contributed by atoms with Gasteiger partial charge in [0.2, 0.25) is 11.8 Å². The van der Waals surface area contributed by atoms with Crippen LogP contribution < -0.4 is 11.5 Å². The van der Waals surface area contributed by atoms with Crippen molar-refractivity contribution in [3.05, 3.63) is 35.9 Å². The first kappa shape index (κ1) is 24.9. The minimum atomic E-state index is -1.33. The van der Waals surface area contributed by atoms with E-state index in [-0.39, 0.29) is 6.54 Å². The number of hydrogen-bond donors (Lipinski definition) is 4. The second-order valence-corrected chi connectivity index (χ2v) is 8.50. The molecular weight excluding hydrogens is 400 g/mol. The zero-order chi connectivity index (χ0) is 23.5. The van der Waals surface area contributed by atoms with Gasteiger partial charge < -0.3 is 26.6 Å². The lowest BCUT2D eigenvalue weighted by atomic mass is 9.93. The first-order valence-electron chi connectivity index (χ1n) is 10.5. The molecule has 1 aliphatic heterocycles. The highest BCUT2D eigenvalue weighted by molar-refractivity contribution is 6.04. The Morgan fingerprint density at radius 3 is 2.10 bits per heavy atom. The summed E-state index contributed by atoms with van der Waals surface area (Å²) in [5, 5.41) is 19.6. The number of benzene rings is 1. The highest BCUT2D eigenvalue weighted by atomic mass is 16.3. The summed E-state index contributed by atoms with van der Waals surface area (Å²) in [4.78, 5) is 42.3. The van der Waals surface area contributed by atoms with Crippen molar-refractivity contribution >= 4 is 17.7 Å². The van der Waals surface area contributed by atoms with E-state index in [1.54, 1.807) is 38.1 Å². The molecule has 6 unspecified atom stereocenters. The van der Waals surface area contributed by atoms with Gasteiger partial charge in [-0.05, 0) is 46.1 Å². The lowest BCUT2D eigenvalue weighted by molar-refractivity contribution is -0.161. The number of likely N-dealkylation sites (tertiary alicyclic amines) is 1. The summed E-state index contributed by atoms with van der Waals surface area (Å²) in [5.41, 5.74) is 11.1. The first-order valence-corrected chi connectivity index (χ1v) is 10.5. The van der Waals surface area contributed by atoms with Crippen molar-refractivity contribution in [2.75, 3.05) is 6.54 Å². The summed E-state index contributed by atoms with van der Waals surface area (Å²) in [6, 6.07) is 5.83. The van der Waals surface area contributed by atoms with Gasteiger partial charge in [0.05, 0.1) is 18.2 Å². The summed E-state index contributed by atoms with van der Waals surface area (Å²) < 4.78 is 0. The number of rotatable bonds is 7. The van der Waals surface area contributed by atoms with Crippen LogP contribution in [0.4, 0.5) is 0 Å². The van der Waals surface area contributed by atoms with Gasteiger partial charge in [-0.2, -0.15) is 0 Å². The fourth-order valence-corrected chi connectivity index (χ4v) is 3.90. The van der Waals surface area contributed by atoms with Crippen LogP contribution >= 0.6 is 0 Å². The van der Waals surface area contributed by atoms with E-state index in [0.717, 1.165) is 4.90 Å². The molecule has 6 N–H and O–H groups in total. The molecule has 172 valence electrons. The largest absolute Gasteiger partial charge is 0.391 e. The zero-order valence-corrected chi connectivity index (χ0v) is 18.6. The average molecular weight is 435 g/mol. The minimum Gasteiger partial charge on any atom is -0.391 e. The number of aliphatic hydroxyl groups excluding tert-OH is 2. The first-order chi connectivity index (χ1) is 14.4. The Bertz CT molecular complexity index is 800. The predicted molar refractivity (Wildman–Crippen MR) is 115 cm³/mol. The van der Waals surface area contributed by atoms with E-state index in [9.17, 15) is 24.6 Å². The van der Waals surface area contributed by atoms with Gasteiger partial charge in [0.1, 0.15) is 17.6 Å². The van der Waals surface area contributed by atoms with Crippen LogP contribution in [-0.4, -0.2) is 74.1 Å². The van der Waals surface area contributed by atoms with Gasteiger partial charge in [0.15, 0.2) is 0 Å². The van der Waals surface area contributed by atoms with E-state index in [4.69, 9.17) is 11.5 Å². The number of nitrogens with two attached hydrogens (primary N) is 2. The molecule has 0 aliphatic carbocycles. The van der Waals surface area contributed by atoms with Crippen LogP contribution in [0.5, 0.6) is 0 Å². The fraction of sp³-hybridized carbons (Fsp3) is 0.591. The van der Waals surface area contributed by atoms with Gasteiger partial charge >= 0.3 is 0 Å². The zero-order valence-electron chi connectivity index (χ0n) is 18.6. The summed E-state index contributed by atoms with van der Waals surface area (Å²) in [6.45, 7) is 6.37. The molecule has 0 bridgehead atoms. The fourth-order valence-electron chi connectivity index (χ4n) is 3.90. The molecule has 3 amide bonds. The van der Waals surface area contributed by atoms with Crippen LogP contribution in [0, 0.1) is 0 Å². The quantitative estimate of drug-likeness (QED) is 0.468. The molecule has 0 aromatic heterocycles. The maximum atomic E-state index is 13.8. The summed E-state index contributed by atoms with van der Waals surface area (Å²) in [6.07, 6.45) is -1.37. The topological polar surface area (TPSA) is 150 Å². The SMILES string of the molecule is CC(O)C(N)C(=O)N(C(=O)C1(C)CCCN1C(=O)C(N)C(C)O)C(C)c1ccccc1. The average Bonchev–Trinajstić information content (AvgIpc) is 3.15. The summed E-state index contributed by atoms with van der Waals surface area (Å²) >= 11 is 0. The highest BCUT2D eigenvalue weighted by Gasteiger charge is 2.51. The van der Waals surface area contributed by atoms with Gasteiger partial charge in [0, 0.05) is 6.54 Å². The molecule has 31 heavy (non-hydrogen) atoms. The lowest BCUT2D eigenvalue weighted by Gasteiger charge is -2.41. The van der Waals surface area contributed by atoms with Gasteiger partial charge in [-0.25, -0.2) is 0 Å². The van der Waals surface area contributed by atoms with Crippen molar-refractivity contribution in [3.63, 3.8) is 0 Å². The molecule has 1 aromatic rings. The van der Waals surface area contributed by atoms with E-state index in [1.165, 1.54) is 18.7 Å². The van der Waals surface area contributed by atoms with Crippen LogP contribution in [-0.2, 0) is 14.4 Å². The van der Waals surface area contributed by atoms with E-state index in [2.05, 4.69) is 0 Å². The van der Waals surface area contributed by atoms with Gasteiger partial charge in [-0.3, -0.25) is 19.3 Å². The Labute approximate surface area is 183 Å². The second kappa shape index (κ2) is 9.86. The van der Waals surface area contributed by atoms with Crippen LogP contribution in [0.1, 0.15) is 52.1 Å². The number of amides is 3. The third-order valence-electron chi connectivity index (χ3n) is 6.10. The molecule has 1 saturated heterocycles. The summed E-state index contributed by atoms with van der Waals surface area (Å²) in [5.74, 6) is -1.87. The number of aliphatic hydroxyl groups is 2. The maximum absolute atomic E-state index is 13.8. The third kappa shape index (κ3) is 4.95. The molecule has 2 rings (SSSR count). The van der Waals surface area contributed by atoms with Crippen molar-refractivity contribution in [3.8, 4) is 0 Å². The number of hydrogen-bond acceptors (Lipinski definition) is 7. The minimum absolute atomic E-state index is 0.283. The Balaban J connectivity index is 2.48. The van der Waals surface area contributed by atoms with Crippen LogP contribution in [0.2, 0.25) is 0 Å². The molecule has 1 aromatic carbocycles. The molecule has 1 fully saturated rings. The number of nitrogens with zero attached hydrogens (tertiary/aromatic N) is 2. The number of carbonyl (C=O) groups excluding carboxylic acids is 3. The predicted octanol–water partition coefficient (Wildman–Crippen LogP) is -0.0999. The van der Waals surface area contributed by atoms with Crippen molar-refractivity contribution < 1.29 is 24.6 Å². The third-order valence-corrected chi connectivity index (χ3v) is 6.10. The monoisotopic (exact) mass is 434 g/mol. The van der Waals surface area contributed by atoms with E-state index < -0.39 is 53.6 Å². The van der Waals surface area contributed by atoms with Gasteiger partial charge in [-0.15, -0.1) is 0 Å². The van der Waals surface area contributed by atoms with E-state index in [1.807, 2.05) is 6.07 Å². The Hall–Kier alpha value is -2.33. The standard InChI is InChI=1S/C22H34N4O5/c1-13(16-9-6-5-7-10-16)26(20(30)18(24)15(3)28)21(31)22(4)11-8-12-25(22)19(29)17(23)14(2)27/h5-7,9-10,13-15,17-18,27-28H,8,11-12,23-24H2,1-4H3. The van der Waals surface area contributed by atoms with Gasteiger partial charge in [-0.1, -0.05) is 30.3 Å². The molecule has 9 nitrogen and oxygen atoms in total. The smallest absolute Gasteiger partial charge is 0.255 e. The molecule has 1 aliphatic rings. The van der Waals surface area contributed by atoms with Gasteiger partial charge in [0.25, 0.3) is 5.91 Å². The second-order valence-electron chi connectivity index (χ2n) is 8.50. The maximum Gasteiger partial charge on any atom is 0.255 e. The van der Waals surface area contributed by atoms with Crippen molar-refractivity contribution in [2.45, 2.75) is 76.4 Å². The number of carbonyl (C=O) groups is 3. The van der Waals surface area contributed by atoms with Crippen LogP contribution in [0.25, 0.3) is 0 Å².